The first-order chi connectivity index (χ1) is 10.5. The minimum atomic E-state index is -0.734. The molecule has 0 radical (unpaired) electrons. The molecule has 1 aromatic rings. The molecule has 3 rings (SSSR count). The number of amides is 1. The van der Waals surface area contributed by atoms with E-state index in [2.05, 4.69) is 0 Å². The van der Waals surface area contributed by atoms with Crippen LogP contribution in [0.5, 0.6) is 0 Å². The Hall–Kier alpha value is -1.62. The summed E-state index contributed by atoms with van der Waals surface area (Å²) in [5, 5.41) is 11.0. The zero-order valence-electron chi connectivity index (χ0n) is 12.8. The number of aliphatic hydroxyl groups is 1. The Morgan fingerprint density at radius 2 is 2.05 bits per heavy atom. The molecule has 3 atom stereocenters. The minimum absolute atomic E-state index is 0.0282. The number of methoxy groups -OCH3 is 1. The third-order valence-electron chi connectivity index (χ3n) is 5.19. The fraction of sp³-hybridized carbons (Fsp3) is 0.588. The summed E-state index contributed by atoms with van der Waals surface area (Å²) in [5.41, 5.74) is 0.124. The lowest BCUT2D eigenvalue weighted by molar-refractivity contribution is -0.117. The number of carbonyl (C=O) groups is 1. The zero-order chi connectivity index (χ0) is 15.7. The Labute approximate surface area is 129 Å². The smallest absolute Gasteiger partial charge is 0.410 e. The molecule has 120 valence electrons. The van der Waals surface area contributed by atoms with Crippen molar-refractivity contribution < 1.29 is 19.0 Å². The van der Waals surface area contributed by atoms with Crippen molar-refractivity contribution in [2.45, 2.75) is 43.7 Å². The highest BCUT2D eigenvalue weighted by molar-refractivity contribution is 5.68. The molecule has 5 heteroatoms. The summed E-state index contributed by atoms with van der Waals surface area (Å²) < 4.78 is 18.1. The van der Waals surface area contributed by atoms with Crippen molar-refractivity contribution >= 4 is 6.09 Å². The first-order valence-electron chi connectivity index (χ1n) is 7.87. The molecule has 1 N–H and O–H groups in total. The maximum Gasteiger partial charge on any atom is 0.410 e. The summed E-state index contributed by atoms with van der Waals surface area (Å²) in [5.74, 6) is -0.331. The second kappa shape index (κ2) is 5.88. The van der Waals surface area contributed by atoms with Crippen LogP contribution in [-0.4, -0.2) is 35.4 Å². The molecule has 1 aliphatic carbocycles. The molecule has 1 aliphatic heterocycles. The number of piperidine rings is 1. The van der Waals surface area contributed by atoms with Crippen LogP contribution in [0.3, 0.4) is 0 Å². The first-order valence-corrected chi connectivity index (χ1v) is 7.87. The van der Waals surface area contributed by atoms with Crippen molar-refractivity contribution in [3.05, 3.63) is 35.6 Å². The molecule has 22 heavy (non-hydrogen) atoms. The molecule has 1 aromatic carbocycles. The molecule has 2 fully saturated rings. The molecule has 0 aromatic heterocycles. The van der Waals surface area contributed by atoms with Crippen molar-refractivity contribution in [2.75, 3.05) is 13.7 Å². The molecule has 1 saturated heterocycles. The van der Waals surface area contributed by atoms with Gasteiger partial charge in [-0.2, -0.15) is 0 Å². The van der Waals surface area contributed by atoms with Gasteiger partial charge in [-0.3, -0.25) is 0 Å². The third kappa shape index (κ3) is 2.58. The van der Waals surface area contributed by atoms with Crippen LogP contribution in [0.15, 0.2) is 24.3 Å². The topological polar surface area (TPSA) is 49.8 Å². The van der Waals surface area contributed by atoms with Gasteiger partial charge in [0.15, 0.2) is 0 Å². The van der Waals surface area contributed by atoms with Crippen LogP contribution in [0.4, 0.5) is 9.18 Å². The number of hydrogen-bond donors (Lipinski definition) is 1. The number of fused-ring (bicyclic) bond motifs is 1. The van der Waals surface area contributed by atoms with Gasteiger partial charge < -0.3 is 14.7 Å². The van der Waals surface area contributed by atoms with Gasteiger partial charge in [0.1, 0.15) is 5.82 Å². The van der Waals surface area contributed by atoms with Crippen molar-refractivity contribution in [1.29, 1.82) is 0 Å². The summed E-state index contributed by atoms with van der Waals surface area (Å²) in [7, 11) is 1.37. The molecule has 2 aliphatic rings. The van der Waals surface area contributed by atoms with Crippen LogP contribution in [-0.2, 0) is 4.74 Å². The van der Waals surface area contributed by atoms with Crippen molar-refractivity contribution in [1.82, 2.24) is 4.90 Å². The van der Waals surface area contributed by atoms with E-state index < -0.39 is 5.60 Å². The average Bonchev–Trinajstić information content (AvgIpc) is 2.53. The number of rotatable bonds is 1. The number of halogens is 1. The van der Waals surface area contributed by atoms with Gasteiger partial charge in [-0.15, -0.1) is 0 Å². The van der Waals surface area contributed by atoms with E-state index >= 15 is 0 Å². The van der Waals surface area contributed by atoms with Crippen LogP contribution >= 0.6 is 0 Å². The molecule has 1 saturated carbocycles. The molecule has 0 bridgehead atoms. The van der Waals surface area contributed by atoms with E-state index in [9.17, 15) is 14.3 Å². The van der Waals surface area contributed by atoms with E-state index in [1.807, 2.05) is 0 Å². The highest BCUT2D eigenvalue weighted by atomic mass is 19.1. The van der Waals surface area contributed by atoms with Crippen LogP contribution in [0, 0.1) is 11.7 Å². The number of nitrogens with zero attached hydrogens (tertiary/aromatic N) is 1. The minimum Gasteiger partial charge on any atom is -0.453 e. The van der Waals surface area contributed by atoms with E-state index in [0.717, 1.165) is 31.2 Å². The Morgan fingerprint density at radius 3 is 2.73 bits per heavy atom. The number of ether oxygens (including phenoxy) is 1. The lowest BCUT2D eigenvalue weighted by Gasteiger charge is -2.52. The Morgan fingerprint density at radius 1 is 1.32 bits per heavy atom. The van der Waals surface area contributed by atoms with Gasteiger partial charge in [-0.1, -0.05) is 25.0 Å². The number of hydrogen-bond acceptors (Lipinski definition) is 3. The van der Waals surface area contributed by atoms with Crippen molar-refractivity contribution in [3.63, 3.8) is 0 Å². The van der Waals surface area contributed by atoms with Gasteiger partial charge in [0, 0.05) is 12.5 Å². The van der Waals surface area contributed by atoms with Gasteiger partial charge in [-0.05, 0) is 37.0 Å². The van der Waals surface area contributed by atoms with Crippen LogP contribution in [0.25, 0.3) is 0 Å². The normalized spacial score (nSPS) is 31.5. The molecule has 0 unspecified atom stereocenters. The van der Waals surface area contributed by atoms with E-state index in [1.165, 1.54) is 19.2 Å². The van der Waals surface area contributed by atoms with Crippen LogP contribution in [0.1, 0.15) is 43.7 Å². The monoisotopic (exact) mass is 307 g/mol. The zero-order valence-corrected chi connectivity index (χ0v) is 12.8. The van der Waals surface area contributed by atoms with E-state index in [0.29, 0.717) is 13.0 Å². The Bertz CT molecular complexity index is 547. The fourth-order valence-corrected chi connectivity index (χ4v) is 4.08. The average molecular weight is 307 g/mol. The van der Waals surface area contributed by atoms with Gasteiger partial charge in [-0.25, -0.2) is 9.18 Å². The van der Waals surface area contributed by atoms with Gasteiger partial charge in [0.05, 0.1) is 18.8 Å². The van der Waals surface area contributed by atoms with Gasteiger partial charge >= 0.3 is 6.09 Å². The van der Waals surface area contributed by atoms with Gasteiger partial charge in [0.2, 0.25) is 0 Å². The number of likely N-dealkylation sites (tertiary alicyclic amines) is 1. The summed E-state index contributed by atoms with van der Waals surface area (Å²) >= 11 is 0. The second-order valence-corrected chi connectivity index (χ2v) is 6.37. The molecular weight excluding hydrogens is 285 g/mol. The largest absolute Gasteiger partial charge is 0.453 e. The Kier molecular flexibility index (Phi) is 4.08. The molecular formula is C17H22FNO3. The highest BCUT2D eigenvalue weighted by Crippen LogP contribution is 2.49. The van der Waals surface area contributed by atoms with Crippen LogP contribution in [0.2, 0.25) is 0 Å². The molecule has 1 amide bonds. The summed E-state index contributed by atoms with van der Waals surface area (Å²) in [6.45, 7) is 0.460. The predicted molar refractivity (Wildman–Crippen MR) is 79.8 cm³/mol. The fourth-order valence-electron chi connectivity index (χ4n) is 4.08. The predicted octanol–water partition coefficient (Wildman–Crippen LogP) is 3.26. The van der Waals surface area contributed by atoms with E-state index in [-0.39, 0.29) is 23.9 Å². The summed E-state index contributed by atoms with van der Waals surface area (Å²) in [6.07, 6.45) is 3.88. The summed E-state index contributed by atoms with van der Waals surface area (Å²) in [4.78, 5) is 13.8. The van der Waals surface area contributed by atoms with Crippen molar-refractivity contribution in [2.24, 2.45) is 5.92 Å². The lowest BCUT2D eigenvalue weighted by atomic mass is 9.66. The lowest BCUT2D eigenvalue weighted by Crippen LogP contribution is -2.56. The maximum atomic E-state index is 13.2. The van der Waals surface area contributed by atoms with Crippen LogP contribution < -0.4 is 0 Å². The molecule has 1 heterocycles. The quantitative estimate of drug-likeness (QED) is 0.866. The van der Waals surface area contributed by atoms with Gasteiger partial charge in [0.25, 0.3) is 0 Å². The standard InChI is InChI=1S/C17H22FNO3/c1-22-16(20)19-11-10-17(21)9-3-2-4-14(17)15(19)12-5-7-13(18)8-6-12/h5-8,14-15,21H,2-4,9-11H2,1H3/t14-,15+,17-/m1/s1. The summed E-state index contributed by atoms with van der Waals surface area (Å²) in [6, 6.07) is 5.96. The van der Waals surface area contributed by atoms with E-state index in [4.69, 9.17) is 4.74 Å². The Balaban J connectivity index is 2.00. The molecule has 0 spiro atoms. The maximum absolute atomic E-state index is 13.2. The third-order valence-corrected chi connectivity index (χ3v) is 5.19. The molecule has 4 nitrogen and oxygen atoms in total. The SMILES string of the molecule is COC(=O)N1CC[C@]2(O)CCCC[C@@H]2[C@@H]1c1ccc(F)cc1. The number of benzene rings is 1. The van der Waals surface area contributed by atoms with Crippen molar-refractivity contribution in [3.8, 4) is 0 Å². The number of carbonyl (C=O) groups excluding carboxylic acids is 1. The highest BCUT2D eigenvalue weighted by Gasteiger charge is 2.50. The first kappa shape index (κ1) is 15.3. The second-order valence-electron chi connectivity index (χ2n) is 6.37. The van der Waals surface area contributed by atoms with E-state index in [1.54, 1.807) is 17.0 Å².